The number of amides is 1. The molecule has 0 unspecified atom stereocenters. The van der Waals surface area contributed by atoms with Crippen molar-refractivity contribution in [3.63, 3.8) is 0 Å². The molecule has 18 heavy (non-hydrogen) atoms. The predicted octanol–water partition coefficient (Wildman–Crippen LogP) is 1.37. The lowest BCUT2D eigenvalue weighted by molar-refractivity contribution is 0.0383. The lowest BCUT2D eigenvalue weighted by Gasteiger charge is -2.26. The molecule has 1 aromatic heterocycles. The van der Waals surface area contributed by atoms with Crippen molar-refractivity contribution in [3.8, 4) is 0 Å². The van der Waals surface area contributed by atoms with E-state index in [1.54, 1.807) is 11.3 Å². The van der Waals surface area contributed by atoms with Crippen LogP contribution in [-0.2, 0) is 11.2 Å². The maximum atomic E-state index is 11.9. The molecule has 1 aliphatic rings. The summed E-state index contributed by atoms with van der Waals surface area (Å²) in [4.78, 5) is 15.4. The number of thiophene rings is 1. The van der Waals surface area contributed by atoms with Gasteiger partial charge in [0.05, 0.1) is 18.8 Å². The van der Waals surface area contributed by atoms with E-state index in [-0.39, 0.29) is 5.91 Å². The van der Waals surface area contributed by atoms with Crippen LogP contribution in [0.4, 0.5) is 0 Å². The SMILES string of the molecule is CCc1cc(C(=O)NCCN2CCOCC2)cs1. The average molecular weight is 268 g/mol. The molecular weight excluding hydrogens is 248 g/mol. The second kappa shape index (κ2) is 6.87. The Morgan fingerprint density at radius 1 is 1.50 bits per heavy atom. The summed E-state index contributed by atoms with van der Waals surface area (Å²) in [6.45, 7) is 7.25. The van der Waals surface area contributed by atoms with Gasteiger partial charge in [0, 0.05) is 36.4 Å². The van der Waals surface area contributed by atoms with Crippen LogP contribution in [0.3, 0.4) is 0 Å². The van der Waals surface area contributed by atoms with Crippen LogP contribution in [0.25, 0.3) is 0 Å². The standard InChI is InChI=1S/C13H20N2O2S/c1-2-12-9-11(10-18-12)13(16)14-3-4-15-5-7-17-8-6-15/h9-10H,2-8H2,1H3,(H,14,16). The van der Waals surface area contributed by atoms with Crippen molar-refractivity contribution in [1.29, 1.82) is 0 Å². The molecule has 5 heteroatoms. The van der Waals surface area contributed by atoms with Gasteiger partial charge in [-0.15, -0.1) is 11.3 Å². The minimum absolute atomic E-state index is 0.0409. The fourth-order valence-corrected chi connectivity index (χ4v) is 2.75. The van der Waals surface area contributed by atoms with Crippen LogP contribution >= 0.6 is 11.3 Å². The number of carbonyl (C=O) groups is 1. The van der Waals surface area contributed by atoms with Gasteiger partial charge in [0.25, 0.3) is 5.91 Å². The van der Waals surface area contributed by atoms with E-state index in [0.29, 0.717) is 6.54 Å². The molecule has 0 radical (unpaired) electrons. The Hall–Kier alpha value is -0.910. The molecule has 1 saturated heterocycles. The highest BCUT2D eigenvalue weighted by Crippen LogP contribution is 2.14. The monoisotopic (exact) mass is 268 g/mol. The average Bonchev–Trinajstić information content (AvgIpc) is 2.89. The van der Waals surface area contributed by atoms with E-state index in [1.165, 1.54) is 4.88 Å². The summed E-state index contributed by atoms with van der Waals surface area (Å²) in [5.74, 6) is 0.0409. The molecule has 0 aliphatic carbocycles. The van der Waals surface area contributed by atoms with Crippen LogP contribution < -0.4 is 5.32 Å². The summed E-state index contributed by atoms with van der Waals surface area (Å²) in [5.41, 5.74) is 0.791. The smallest absolute Gasteiger partial charge is 0.252 e. The molecule has 1 amide bonds. The van der Waals surface area contributed by atoms with Gasteiger partial charge in [0.15, 0.2) is 0 Å². The number of morpholine rings is 1. The highest BCUT2D eigenvalue weighted by molar-refractivity contribution is 7.10. The van der Waals surface area contributed by atoms with Gasteiger partial charge in [-0.25, -0.2) is 0 Å². The minimum atomic E-state index is 0.0409. The Labute approximate surface area is 112 Å². The van der Waals surface area contributed by atoms with E-state index in [0.717, 1.165) is 44.8 Å². The van der Waals surface area contributed by atoms with E-state index in [4.69, 9.17) is 4.74 Å². The first kappa shape index (κ1) is 13.5. The lowest BCUT2D eigenvalue weighted by Crippen LogP contribution is -2.41. The van der Waals surface area contributed by atoms with Crippen molar-refractivity contribution in [2.75, 3.05) is 39.4 Å². The van der Waals surface area contributed by atoms with Crippen molar-refractivity contribution < 1.29 is 9.53 Å². The molecule has 1 N–H and O–H groups in total. The first-order valence-corrected chi connectivity index (χ1v) is 7.33. The zero-order valence-corrected chi connectivity index (χ0v) is 11.6. The lowest BCUT2D eigenvalue weighted by atomic mass is 10.2. The quantitative estimate of drug-likeness (QED) is 0.877. The molecular formula is C13H20N2O2S. The van der Waals surface area contributed by atoms with Crippen molar-refractivity contribution in [3.05, 3.63) is 21.9 Å². The van der Waals surface area contributed by atoms with Crippen LogP contribution in [0.2, 0.25) is 0 Å². The Morgan fingerprint density at radius 3 is 2.94 bits per heavy atom. The summed E-state index contributed by atoms with van der Waals surface area (Å²) in [6.07, 6.45) is 0.992. The second-order valence-electron chi connectivity index (χ2n) is 4.37. The predicted molar refractivity (Wildman–Crippen MR) is 73.3 cm³/mol. The number of hydrogen-bond acceptors (Lipinski definition) is 4. The number of carbonyl (C=O) groups excluding carboxylic acids is 1. The van der Waals surface area contributed by atoms with E-state index in [9.17, 15) is 4.79 Å². The highest BCUT2D eigenvalue weighted by atomic mass is 32.1. The second-order valence-corrected chi connectivity index (χ2v) is 5.36. The number of nitrogens with one attached hydrogen (secondary N) is 1. The molecule has 100 valence electrons. The number of nitrogens with zero attached hydrogens (tertiary/aromatic N) is 1. The first-order chi connectivity index (χ1) is 8.79. The first-order valence-electron chi connectivity index (χ1n) is 6.45. The normalized spacial score (nSPS) is 16.7. The number of ether oxygens (including phenoxy) is 1. The van der Waals surface area contributed by atoms with Crippen molar-refractivity contribution >= 4 is 17.2 Å². The zero-order valence-electron chi connectivity index (χ0n) is 10.8. The minimum Gasteiger partial charge on any atom is -0.379 e. The Kier molecular flexibility index (Phi) is 5.16. The highest BCUT2D eigenvalue weighted by Gasteiger charge is 2.11. The molecule has 1 fully saturated rings. The van der Waals surface area contributed by atoms with Gasteiger partial charge in [-0.1, -0.05) is 6.92 Å². The van der Waals surface area contributed by atoms with Crippen LogP contribution in [0, 0.1) is 0 Å². The molecule has 2 heterocycles. The van der Waals surface area contributed by atoms with Gasteiger partial charge in [0.2, 0.25) is 0 Å². The summed E-state index contributed by atoms with van der Waals surface area (Å²) in [7, 11) is 0. The van der Waals surface area contributed by atoms with Gasteiger partial charge in [-0.05, 0) is 12.5 Å². The molecule has 1 aromatic rings. The van der Waals surface area contributed by atoms with Crippen molar-refractivity contribution in [1.82, 2.24) is 10.2 Å². The molecule has 0 aromatic carbocycles. The van der Waals surface area contributed by atoms with E-state index in [1.807, 2.05) is 11.4 Å². The topological polar surface area (TPSA) is 41.6 Å². The van der Waals surface area contributed by atoms with Gasteiger partial charge >= 0.3 is 0 Å². The number of rotatable bonds is 5. The van der Waals surface area contributed by atoms with E-state index < -0.39 is 0 Å². The van der Waals surface area contributed by atoms with Crippen LogP contribution in [0.15, 0.2) is 11.4 Å². The van der Waals surface area contributed by atoms with Gasteiger partial charge in [-0.3, -0.25) is 9.69 Å². The fraction of sp³-hybridized carbons (Fsp3) is 0.615. The summed E-state index contributed by atoms with van der Waals surface area (Å²) in [6, 6.07) is 1.98. The summed E-state index contributed by atoms with van der Waals surface area (Å²) >= 11 is 1.65. The van der Waals surface area contributed by atoms with Crippen LogP contribution in [0.5, 0.6) is 0 Å². The summed E-state index contributed by atoms with van der Waals surface area (Å²) < 4.78 is 5.28. The van der Waals surface area contributed by atoms with E-state index in [2.05, 4.69) is 17.1 Å². The maximum Gasteiger partial charge on any atom is 0.252 e. The molecule has 2 rings (SSSR count). The van der Waals surface area contributed by atoms with Crippen LogP contribution in [0.1, 0.15) is 22.2 Å². The van der Waals surface area contributed by atoms with E-state index >= 15 is 0 Å². The Morgan fingerprint density at radius 2 is 2.28 bits per heavy atom. The number of aryl methyl sites for hydroxylation is 1. The summed E-state index contributed by atoms with van der Waals surface area (Å²) in [5, 5.41) is 4.90. The third-order valence-corrected chi connectivity index (χ3v) is 4.16. The van der Waals surface area contributed by atoms with Crippen molar-refractivity contribution in [2.45, 2.75) is 13.3 Å². The molecule has 0 spiro atoms. The molecule has 0 atom stereocenters. The van der Waals surface area contributed by atoms with Crippen molar-refractivity contribution in [2.24, 2.45) is 0 Å². The maximum absolute atomic E-state index is 11.9. The van der Waals surface area contributed by atoms with Gasteiger partial charge in [-0.2, -0.15) is 0 Å². The zero-order chi connectivity index (χ0) is 12.8. The molecule has 1 aliphatic heterocycles. The largest absolute Gasteiger partial charge is 0.379 e. The third kappa shape index (κ3) is 3.80. The van der Waals surface area contributed by atoms with Gasteiger partial charge < -0.3 is 10.1 Å². The molecule has 0 saturated carbocycles. The molecule has 4 nitrogen and oxygen atoms in total. The third-order valence-electron chi connectivity index (χ3n) is 3.08. The number of hydrogen-bond donors (Lipinski definition) is 1. The van der Waals surface area contributed by atoms with Crippen LogP contribution in [-0.4, -0.2) is 50.2 Å². The molecule has 0 bridgehead atoms. The fourth-order valence-electron chi connectivity index (χ4n) is 1.94. The van der Waals surface area contributed by atoms with Gasteiger partial charge in [0.1, 0.15) is 0 Å². The Balaban J connectivity index is 1.70. The Bertz CT molecular complexity index is 386.